The van der Waals surface area contributed by atoms with Crippen molar-refractivity contribution in [2.24, 2.45) is 7.05 Å². The van der Waals surface area contributed by atoms with Crippen molar-refractivity contribution in [1.82, 2.24) is 20.2 Å². The molecule has 0 saturated carbocycles. The molecule has 0 aliphatic heterocycles. The van der Waals surface area contributed by atoms with E-state index in [9.17, 15) is 4.79 Å². The first-order valence-electron chi connectivity index (χ1n) is 5.12. The van der Waals surface area contributed by atoms with E-state index >= 15 is 0 Å². The minimum atomic E-state index is -0.267. The lowest BCUT2D eigenvalue weighted by Gasteiger charge is -2.07. The number of halogens is 1. The Morgan fingerprint density at radius 2 is 2.12 bits per heavy atom. The molecule has 88 valence electrons. The number of nitrogens with zero attached hydrogens (tertiary/aromatic N) is 4. The van der Waals surface area contributed by atoms with Gasteiger partial charge in [0.15, 0.2) is 5.82 Å². The molecule has 0 radical (unpaired) electrons. The topological polar surface area (TPSA) is 60.7 Å². The average Bonchev–Trinajstić information content (AvgIpc) is 2.73. The molecule has 2 rings (SSSR count). The first-order valence-corrected chi connectivity index (χ1v) is 5.50. The molecule has 6 heteroatoms. The minimum Gasteiger partial charge on any atom is -0.303 e. The van der Waals surface area contributed by atoms with Crippen LogP contribution in [0.3, 0.4) is 0 Å². The van der Waals surface area contributed by atoms with Gasteiger partial charge in [-0.25, -0.2) is 0 Å². The Labute approximate surface area is 103 Å². The number of carbonyl (C=O) groups excluding carboxylic acids is 1. The summed E-state index contributed by atoms with van der Waals surface area (Å²) in [5.74, 6) is 0.288. The summed E-state index contributed by atoms with van der Waals surface area (Å²) < 4.78 is 0. The van der Waals surface area contributed by atoms with Crippen LogP contribution in [-0.2, 0) is 18.3 Å². The predicted molar refractivity (Wildman–Crippen MR) is 62.8 cm³/mol. The molecule has 0 aliphatic rings. The zero-order valence-electron chi connectivity index (χ0n) is 9.25. The Morgan fingerprint density at radius 1 is 1.41 bits per heavy atom. The summed E-state index contributed by atoms with van der Waals surface area (Å²) in [5.41, 5.74) is 0.900. The third-order valence-electron chi connectivity index (χ3n) is 2.41. The number of aromatic nitrogens is 4. The fraction of sp³-hybridized carbons (Fsp3) is 0.273. The van der Waals surface area contributed by atoms with Crippen LogP contribution in [0.15, 0.2) is 24.3 Å². The number of rotatable bonds is 4. The monoisotopic (exact) mass is 250 g/mol. The molecule has 0 saturated heterocycles. The number of aryl methyl sites for hydroxylation is 1. The van der Waals surface area contributed by atoms with Gasteiger partial charge in [0.25, 0.3) is 0 Å². The molecule has 0 aliphatic carbocycles. The second kappa shape index (κ2) is 5.05. The molecule has 1 aromatic heterocycles. The summed E-state index contributed by atoms with van der Waals surface area (Å²) in [4.78, 5) is 12.5. The van der Waals surface area contributed by atoms with E-state index in [4.69, 9.17) is 11.6 Å². The maximum absolute atomic E-state index is 11.1. The van der Waals surface area contributed by atoms with E-state index in [1.807, 2.05) is 12.1 Å². The molecule has 1 atom stereocenters. The van der Waals surface area contributed by atoms with E-state index < -0.39 is 0 Å². The number of tetrazole rings is 1. The maximum atomic E-state index is 11.1. The number of aldehydes is 1. The largest absolute Gasteiger partial charge is 0.303 e. The van der Waals surface area contributed by atoms with Crippen molar-refractivity contribution in [2.75, 3.05) is 0 Å². The fourth-order valence-electron chi connectivity index (χ4n) is 1.56. The second-order valence-electron chi connectivity index (χ2n) is 3.69. The summed E-state index contributed by atoms with van der Waals surface area (Å²) in [6, 6.07) is 7.19. The minimum absolute atomic E-state index is 0.267. The number of hydrogen-bond acceptors (Lipinski definition) is 4. The average molecular weight is 251 g/mol. The molecular formula is C11H11ClN4O. The molecule has 1 unspecified atom stereocenters. The van der Waals surface area contributed by atoms with Gasteiger partial charge in [0.05, 0.1) is 7.05 Å². The Morgan fingerprint density at radius 3 is 2.65 bits per heavy atom. The van der Waals surface area contributed by atoms with Crippen LogP contribution >= 0.6 is 11.6 Å². The van der Waals surface area contributed by atoms with E-state index in [1.54, 1.807) is 19.2 Å². The Kier molecular flexibility index (Phi) is 3.49. The van der Waals surface area contributed by atoms with Crippen LogP contribution in [-0.4, -0.2) is 26.5 Å². The molecule has 0 N–H and O–H groups in total. The number of carbonyl (C=O) groups is 1. The standard InChI is InChI=1S/C11H11ClN4O/c1-16-14-11(13-15-16)6-9(7-17)8-2-4-10(12)5-3-8/h2-5,7,9H,6H2,1H3. The van der Waals surface area contributed by atoms with Crippen LogP contribution in [0.5, 0.6) is 0 Å². The van der Waals surface area contributed by atoms with Gasteiger partial charge in [0.1, 0.15) is 6.29 Å². The lowest BCUT2D eigenvalue weighted by atomic mass is 9.97. The molecule has 1 heterocycles. The molecule has 0 spiro atoms. The van der Waals surface area contributed by atoms with Crippen molar-refractivity contribution >= 4 is 17.9 Å². The molecule has 5 nitrogen and oxygen atoms in total. The maximum Gasteiger partial charge on any atom is 0.175 e. The van der Waals surface area contributed by atoms with Gasteiger partial charge in [0.2, 0.25) is 0 Å². The van der Waals surface area contributed by atoms with Gasteiger partial charge in [0, 0.05) is 17.4 Å². The highest BCUT2D eigenvalue weighted by molar-refractivity contribution is 6.30. The first-order chi connectivity index (χ1) is 8.19. The molecule has 2 aromatic rings. The van der Waals surface area contributed by atoms with Gasteiger partial charge >= 0.3 is 0 Å². The van der Waals surface area contributed by atoms with Gasteiger partial charge in [-0.05, 0) is 22.9 Å². The Balaban J connectivity index is 2.16. The second-order valence-corrected chi connectivity index (χ2v) is 4.13. The zero-order valence-corrected chi connectivity index (χ0v) is 10.0. The highest BCUT2D eigenvalue weighted by Gasteiger charge is 2.14. The fourth-order valence-corrected chi connectivity index (χ4v) is 1.68. The van der Waals surface area contributed by atoms with E-state index in [2.05, 4.69) is 15.4 Å². The van der Waals surface area contributed by atoms with E-state index in [1.165, 1.54) is 4.80 Å². The predicted octanol–water partition coefficient (Wildman–Crippen LogP) is 1.39. The Hall–Kier alpha value is -1.75. The smallest absolute Gasteiger partial charge is 0.175 e. The summed E-state index contributed by atoms with van der Waals surface area (Å²) in [7, 11) is 1.69. The van der Waals surface area contributed by atoms with Crippen molar-refractivity contribution in [3.05, 3.63) is 40.7 Å². The summed E-state index contributed by atoms with van der Waals surface area (Å²) >= 11 is 5.80. The lowest BCUT2D eigenvalue weighted by molar-refractivity contribution is -0.109. The van der Waals surface area contributed by atoms with Crippen LogP contribution in [0.1, 0.15) is 17.3 Å². The van der Waals surface area contributed by atoms with Crippen LogP contribution in [0.25, 0.3) is 0 Å². The number of hydrogen-bond donors (Lipinski definition) is 0. The summed E-state index contributed by atoms with van der Waals surface area (Å²) in [5, 5.41) is 12.3. The van der Waals surface area contributed by atoms with Crippen LogP contribution in [0.4, 0.5) is 0 Å². The highest BCUT2D eigenvalue weighted by atomic mass is 35.5. The SMILES string of the molecule is Cn1nnc(CC(C=O)c2ccc(Cl)cc2)n1. The van der Waals surface area contributed by atoms with Gasteiger partial charge in [-0.15, -0.1) is 10.2 Å². The molecule has 17 heavy (non-hydrogen) atoms. The number of benzene rings is 1. The Bertz CT molecular complexity index is 508. The van der Waals surface area contributed by atoms with Gasteiger partial charge in [-0.2, -0.15) is 4.80 Å². The molecular weight excluding hydrogens is 240 g/mol. The first kappa shape index (κ1) is 11.7. The van der Waals surface area contributed by atoms with Crippen LogP contribution in [0, 0.1) is 0 Å². The summed E-state index contributed by atoms with van der Waals surface area (Å²) in [6.45, 7) is 0. The van der Waals surface area contributed by atoms with Crippen molar-refractivity contribution in [2.45, 2.75) is 12.3 Å². The molecule has 0 amide bonds. The normalized spacial score (nSPS) is 12.4. The highest BCUT2D eigenvalue weighted by Crippen LogP contribution is 2.19. The summed E-state index contributed by atoms with van der Waals surface area (Å²) in [6.07, 6.45) is 1.33. The van der Waals surface area contributed by atoms with Crippen molar-refractivity contribution in [3.63, 3.8) is 0 Å². The van der Waals surface area contributed by atoms with E-state index in [0.29, 0.717) is 17.3 Å². The third kappa shape index (κ3) is 2.88. The van der Waals surface area contributed by atoms with Crippen LogP contribution < -0.4 is 0 Å². The molecule has 0 fully saturated rings. The molecule has 1 aromatic carbocycles. The van der Waals surface area contributed by atoms with Gasteiger partial charge in [-0.3, -0.25) is 0 Å². The van der Waals surface area contributed by atoms with E-state index in [0.717, 1.165) is 11.8 Å². The lowest BCUT2D eigenvalue weighted by Crippen LogP contribution is -2.06. The van der Waals surface area contributed by atoms with Crippen molar-refractivity contribution in [1.29, 1.82) is 0 Å². The zero-order chi connectivity index (χ0) is 12.3. The van der Waals surface area contributed by atoms with Crippen molar-refractivity contribution < 1.29 is 4.79 Å². The third-order valence-corrected chi connectivity index (χ3v) is 2.67. The van der Waals surface area contributed by atoms with Gasteiger partial charge in [-0.1, -0.05) is 23.7 Å². The van der Waals surface area contributed by atoms with E-state index in [-0.39, 0.29) is 5.92 Å². The van der Waals surface area contributed by atoms with Crippen molar-refractivity contribution in [3.8, 4) is 0 Å². The van der Waals surface area contributed by atoms with Crippen LogP contribution in [0.2, 0.25) is 5.02 Å². The molecule has 0 bridgehead atoms. The quantitative estimate of drug-likeness (QED) is 0.770. The van der Waals surface area contributed by atoms with Gasteiger partial charge < -0.3 is 4.79 Å².